The standard InChI is InChI=1S/C15H15ClN2OS/c1-10-7-8-11(9-12(10)16)17-15(20)18-13-5-3-4-6-14(13)19-2/h3-9H,1-2H3,(H2,17,18,20). The molecule has 20 heavy (non-hydrogen) atoms. The van der Waals surface area contributed by atoms with Gasteiger partial charge in [0.05, 0.1) is 12.8 Å². The van der Waals surface area contributed by atoms with E-state index in [0.717, 1.165) is 22.7 Å². The third kappa shape index (κ3) is 3.62. The van der Waals surface area contributed by atoms with Crippen LogP contribution in [0.4, 0.5) is 11.4 Å². The third-order valence-corrected chi connectivity index (χ3v) is 3.40. The van der Waals surface area contributed by atoms with Crippen LogP contribution in [0.5, 0.6) is 5.75 Å². The molecule has 0 heterocycles. The molecule has 2 aromatic carbocycles. The fourth-order valence-electron chi connectivity index (χ4n) is 1.70. The maximum absolute atomic E-state index is 6.08. The molecule has 2 N–H and O–H groups in total. The molecule has 0 amide bonds. The summed E-state index contributed by atoms with van der Waals surface area (Å²) in [5.74, 6) is 0.735. The molecular formula is C15H15ClN2OS. The van der Waals surface area contributed by atoms with Crippen LogP contribution in [0.1, 0.15) is 5.56 Å². The zero-order valence-electron chi connectivity index (χ0n) is 11.2. The largest absolute Gasteiger partial charge is 0.495 e. The Balaban J connectivity index is 2.07. The number of benzene rings is 2. The summed E-state index contributed by atoms with van der Waals surface area (Å²) in [6, 6.07) is 13.3. The van der Waals surface area contributed by atoms with Gasteiger partial charge in [-0.2, -0.15) is 0 Å². The summed E-state index contributed by atoms with van der Waals surface area (Å²) in [6.45, 7) is 1.96. The Labute approximate surface area is 128 Å². The quantitative estimate of drug-likeness (QED) is 0.820. The Hall–Kier alpha value is -1.78. The summed E-state index contributed by atoms with van der Waals surface area (Å²) < 4.78 is 5.26. The van der Waals surface area contributed by atoms with Crippen molar-refractivity contribution in [3.8, 4) is 5.75 Å². The zero-order chi connectivity index (χ0) is 14.5. The van der Waals surface area contributed by atoms with Crippen molar-refractivity contribution in [2.45, 2.75) is 6.92 Å². The van der Waals surface area contributed by atoms with Gasteiger partial charge in [0.15, 0.2) is 5.11 Å². The van der Waals surface area contributed by atoms with Crippen molar-refractivity contribution >= 4 is 40.3 Å². The number of thiocarbonyl (C=S) groups is 1. The third-order valence-electron chi connectivity index (χ3n) is 2.78. The average Bonchev–Trinajstić information content (AvgIpc) is 2.43. The molecular weight excluding hydrogens is 292 g/mol. The number of aryl methyl sites for hydroxylation is 1. The molecule has 0 saturated carbocycles. The van der Waals surface area contributed by atoms with Crippen LogP contribution in [0.25, 0.3) is 0 Å². The van der Waals surface area contributed by atoms with Crippen molar-refractivity contribution in [2.24, 2.45) is 0 Å². The zero-order valence-corrected chi connectivity index (χ0v) is 12.8. The van der Waals surface area contributed by atoms with Gasteiger partial charge in [-0.3, -0.25) is 0 Å². The predicted octanol–water partition coefficient (Wildman–Crippen LogP) is 4.47. The number of nitrogens with one attached hydrogen (secondary N) is 2. The number of hydrogen-bond donors (Lipinski definition) is 2. The van der Waals surface area contributed by atoms with E-state index in [9.17, 15) is 0 Å². The van der Waals surface area contributed by atoms with Crippen LogP contribution in [0.2, 0.25) is 5.02 Å². The van der Waals surface area contributed by atoms with Gasteiger partial charge in [0.25, 0.3) is 0 Å². The van der Waals surface area contributed by atoms with E-state index < -0.39 is 0 Å². The molecule has 0 atom stereocenters. The molecule has 0 spiro atoms. The molecule has 0 aliphatic heterocycles. The topological polar surface area (TPSA) is 33.3 Å². The molecule has 0 aliphatic carbocycles. The van der Waals surface area contributed by atoms with Crippen molar-refractivity contribution in [3.63, 3.8) is 0 Å². The highest BCUT2D eigenvalue weighted by molar-refractivity contribution is 7.80. The lowest BCUT2D eigenvalue weighted by Gasteiger charge is -2.13. The predicted molar refractivity (Wildman–Crippen MR) is 89.0 cm³/mol. The second-order valence-electron chi connectivity index (χ2n) is 4.24. The second-order valence-corrected chi connectivity index (χ2v) is 5.06. The molecule has 3 nitrogen and oxygen atoms in total. The maximum atomic E-state index is 6.08. The minimum absolute atomic E-state index is 0.481. The first kappa shape index (κ1) is 14.6. The van der Waals surface area contributed by atoms with Gasteiger partial charge in [-0.1, -0.05) is 29.8 Å². The molecule has 0 saturated heterocycles. The van der Waals surface area contributed by atoms with Gasteiger partial charge in [-0.25, -0.2) is 0 Å². The molecule has 104 valence electrons. The Morgan fingerprint density at radius 3 is 2.60 bits per heavy atom. The van der Waals surface area contributed by atoms with Crippen molar-refractivity contribution in [1.82, 2.24) is 0 Å². The number of rotatable bonds is 3. The van der Waals surface area contributed by atoms with Gasteiger partial charge in [0.1, 0.15) is 5.75 Å². The van der Waals surface area contributed by atoms with E-state index in [-0.39, 0.29) is 0 Å². The Kier molecular flexibility index (Phi) is 4.82. The number of ether oxygens (including phenoxy) is 1. The highest BCUT2D eigenvalue weighted by Crippen LogP contribution is 2.24. The molecule has 0 aliphatic rings. The first-order chi connectivity index (χ1) is 9.60. The molecule has 0 bridgehead atoms. The van der Waals surface area contributed by atoms with E-state index in [1.54, 1.807) is 7.11 Å². The summed E-state index contributed by atoms with van der Waals surface area (Å²) in [5.41, 5.74) is 2.68. The van der Waals surface area contributed by atoms with Gasteiger partial charge >= 0.3 is 0 Å². The molecule has 0 aromatic heterocycles. The SMILES string of the molecule is COc1ccccc1NC(=S)Nc1ccc(C)c(Cl)c1. The van der Waals surface area contributed by atoms with E-state index in [0.29, 0.717) is 10.1 Å². The highest BCUT2D eigenvalue weighted by Gasteiger charge is 2.05. The summed E-state index contributed by atoms with van der Waals surface area (Å²) in [4.78, 5) is 0. The lowest BCUT2D eigenvalue weighted by atomic mass is 10.2. The van der Waals surface area contributed by atoms with Crippen LogP contribution in [0.3, 0.4) is 0 Å². The van der Waals surface area contributed by atoms with Gasteiger partial charge in [-0.15, -0.1) is 0 Å². The summed E-state index contributed by atoms with van der Waals surface area (Å²) in [7, 11) is 1.62. The Morgan fingerprint density at radius 2 is 1.90 bits per heavy atom. The fraction of sp³-hybridized carbons (Fsp3) is 0.133. The van der Waals surface area contributed by atoms with Crippen LogP contribution in [0, 0.1) is 6.92 Å². The van der Waals surface area contributed by atoms with E-state index in [1.807, 2.05) is 49.4 Å². The van der Waals surface area contributed by atoms with Crippen molar-refractivity contribution in [3.05, 3.63) is 53.1 Å². The van der Waals surface area contributed by atoms with E-state index >= 15 is 0 Å². The lowest BCUT2D eigenvalue weighted by molar-refractivity contribution is 0.417. The summed E-state index contributed by atoms with van der Waals surface area (Å²) in [6.07, 6.45) is 0. The van der Waals surface area contributed by atoms with Crippen molar-refractivity contribution < 1.29 is 4.74 Å². The first-order valence-corrected chi connectivity index (χ1v) is 6.86. The van der Waals surface area contributed by atoms with Crippen LogP contribution in [-0.2, 0) is 0 Å². The van der Waals surface area contributed by atoms with E-state index in [1.165, 1.54) is 0 Å². The molecule has 0 unspecified atom stereocenters. The first-order valence-electron chi connectivity index (χ1n) is 6.07. The monoisotopic (exact) mass is 306 g/mol. The molecule has 2 aromatic rings. The second kappa shape index (κ2) is 6.59. The van der Waals surface area contributed by atoms with Gasteiger partial charge < -0.3 is 15.4 Å². The molecule has 2 rings (SSSR count). The number of methoxy groups -OCH3 is 1. The summed E-state index contributed by atoms with van der Waals surface area (Å²) in [5, 5.41) is 7.37. The minimum Gasteiger partial charge on any atom is -0.495 e. The van der Waals surface area contributed by atoms with E-state index in [2.05, 4.69) is 10.6 Å². The fourth-order valence-corrected chi connectivity index (χ4v) is 2.11. The minimum atomic E-state index is 0.481. The number of para-hydroxylation sites is 2. The van der Waals surface area contributed by atoms with Gasteiger partial charge in [-0.05, 0) is 49.0 Å². The van der Waals surface area contributed by atoms with Crippen LogP contribution < -0.4 is 15.4 Å². The van der Waals surface area contributed by atoms with Crippen molar-refractivity contribution in [1.29, 1.82) is 0 Å². The number of halogens is 1. The Bertz CT molecular complexity index is 631. The van der Waals surface area contributed by atoms with Gasteiger partial charge in [0, 0.05) is 10.7 Å². The Morgan fingerprint density at radius 1 is 1.15 bits per heavy atom. The average molecular weight is 307 g/mol. The van der Waals surface area contributed by atoms with Crippen LogP contribution >= 0.6 is 23.8 Å². The lowest BCUT2D eigenvalue weighted by Crippen LogP contribution is -2.19. The molecule has 0 radical (unpaired) electrons. The summed E-state index contributed by atoms with van der Waals surface area (Å²) >= 11 is 11.4. The molecule has 5 heteroatoms. The number of anilines is 2. The smallest absolute Gasteiger partial charge is 0.175 e. The van der Waals surface area contributed by atoms with Gasteiger partial charge in [0.2, 0.25) is 0 Å². The van der Waals surface area contributed by atoms with Crippen molar-refractivity contribution in [2.75, 3.05) is 17.7 Å². The van der Waals surface area contributed by atoms with Crippen LogP contribution in [0.15, 0.2) is 42.5 Å². The van der Waals surface area contributed by atoms with Crippen LogP contribution in [-0.4, -0.2) is 12.2 Å². The number of hydrogen-bond acceptors (Lipinski definition) is 2. The molecule has 0 fully saturated rings. The van der Waals surface area contributed by atoms with E-state index in [4.69, 9.17) is 28.6 Å². The highest BCUT2D eigenvalue weighted by atomic mass is 35.5. The normalized spacial score (nSPS) is 9.95. The maximum Gasteiger partial charge on any atom is 0.175 e.